The first-order valence-electron chi connectivity index (χ1n) is 16.3. The third-order valence-electron chi connectivity index (χ3n) is 8.59. The van der Waals surface area contributed by atoms with E-state index in [0.29, 0.717) is 0 Å². The smallest absolute Gasteiger partial charge is 0.121 e. The van der Waals surface area contributed by atoms with Gasteiger partial charge in [0.2, 0.25) is 0 Å². The fourth-order valence-electron chi connectivity index (χ4n) is 6.08. The van der Waals surface area contributed by atoms with Gasteiger partial charge >= 0.3 is 0 Å². The van der Waals surface area contributed by atoms with Gasteiger partial charge in [-0.2, -0.15) is 0 Å². The zero-order valence-corrected chi connectivity index (χ0v) is 31.2. The molecule has 48 heavy (non-hydrogen) atoms. The zero-order chi connectivity index (χ0) is 33.2. The van der Waals surface area contributed by atoms with Crippen LogP contribution in [-0.4, -0.2) is 9.97 Å². The van der Waals surface area contributed by atoms with E-state index in [-0.39, 0.29) is 30.9 Å². The molecule has 0 saturated carbocycles. The van der Waals surface area contributed by atoms with Gasteiger partial charge in [0.05, 0.1) is 5.58 Å². The Kier molecular flexibility index (Phi) is 10.5. The van der Waals surface area contributed by atoms with E-state index in [0.717, 1.165) is 45.5 Å². The number of aromatic nitrogens is 2. The number of aryl methyl sites for hydroxylation is 2. The second kappa shape index (κ2) is 14.4. The normalized spacial score (nSPS) is 11.6. The average Bonchev–Trinajstić information content (AvgIpc) is 3.44. The molecule has 3 nitrogen and oxygen atoms in total. The summed E-state index contributed by atoms with van der Waals surface area (Å²) in [7, 11) is 0. The number of benzene rings is 4. The molecule has 0 amide bonds. The summed E-state index contributed by atoms with van der Waals surface area (Å²) in [5.74, 6) is 0. The molecule has 3 heterocycles. The van der Waals surface area contributed by atoms with Gasteiger partial charge in [-0.1, -0.05) is 113 Å². The third-order valence-corrected chi connectivity index (χ3v) is 8.59. The molecule has 245 valence electrons. The average molecular weight is 807 g/mol. The molecule has 0 aliphatic heterocycles. The molecular formula is C44H42IrN2O-2. The Hall–Kier alpha value is -4.37. The van der Waals surface area contributed by atoms with Crippen LogP contribution in [-0.2, 0) is 31.9 Å². The maximum Gasteiger partial charge on any atom is 0.121 e. The molecule has 0 spiro atoms. The van der Waals surface area contributed by atoms with Crippen molar-refractivity contribution in [2.24, 2.45) is 5.41 Å². The molecule has 0 bridgehead atoms. The monoisotopic (exact) mass is 807 g/mol. The van der Waals surface area contributed by atoms with Gasteiger partial charge in [-0.05, 0) is 59.0 Å². The maximum atomic E-state index is 6.25. The topological polar surface area (TPSA) is 38.9 Å². The van der Waals surface area contributed by atoms with E-state index < -0.39 is 0 Å². The van der Waals surface area contributed by atoms with Crippen LogP contribution in [0.4, 0.5) is 0 Å². The number of hydrogen-bond donors (Lipinski definition) is 0. The second-order valence-electron chi connectivity index (χ2n) is 14.2. The number of rotatable bonds is 5. The van der Waals surface area contributed by atoms with Crippen molar-refractivity contribution in [3.63, 3.8) is 0 Å². The molecule has 1 radical (unpaired) electrons. The Labute approximate surface area is 298 Å². The number of pyridine rings is 2. The quantitative estimate of drug-likeness (QED) is 0.163. The molecule has 0 atom stereocenters. The minimum atomic E-state index is -0.165. The van der Waals surface area contributed by atoms with Crippen LogP contribution in [0.3, 0.4) is 0 Å². The van der Waals surface area contributed by atoms with Crippen LogP contribution in [0, 0.1) is 31.4 Å². The van der Waals surface area contributed by atoms with E-state index in [2.05, 4.69) is 143 Å². The predicted octanol–water partition coefficient (Wildman–Crippen LogP) is 11.5. The molecule has 0 aliphatic rings. The summed E-state index contributed by atoms with van der Waals surface area (Å²) < 4.78 is 6.25. The molecule has 0 aliphatic carbocycles. The van der Waals surface area contributed by atoms with Gasteiger partial charge in [-0.3, -0.25) is 0 Å². The van der Waals surface area contributed by atoms with Crippen molar-refractivity contribution < 1.29 is 24.5 Å². The first-order chi connectivity index (χ1) is 22.5. The summed E-state index contributed by atoms with van der Waals surface area (Å²) >= 11 is 0. The Morgan fingerprint density at radius 2 is 1.42 bits per heavy atom. The minimum absolute atomic E-state index is 0. The maximum absolute atomic E-state index is 6.25. The van der Waals surface area contributed by atoms with E-state index in [4.69, 9.17) is 4.42 Å². The van der Waals surface area contributed by atoms with Gasteiger partial charge in [0, 0.05) is 43.3 Å². The molecule has 0 fully saturated rings. The van der Waals surface area contributed by atoms with Crippen LogP contribution in [0.25, 0.3) is 44.5 Å². The van der Waals surface area contributed by atoms with E-state index in [9.17, 15) is 0 Å². The Morgan fingerprint density at radius 3 is 2.10 bits per heavy atom. The molecule has 0 unspecified atom stereocenters. The molecular weight excluding hydrogens is 765 g/mol. The van der Waals surface area contributed by atoms with Crippen LogP contribution < -0.4 is 0 Å². The summed E-state index contributed by atoms with van der Waals surface area (Å²) in [5, 5.41) is 2.28. The van der Waals surface area contributed by atoms with Gasteiger partial charge in [0.15, 0.2) is 0 Å². The summed E-state index contributed by atoms with van der Waals surface area (Å²) in [6.45, 7) is 15.4. The van der Waals surface area contributed by atoms with Gasteiger partial charge in [0.25, 0.3) is 0 Å². The van der Waals surface area contributed by atoms with Crippen molar-refractivity contribution >= 4 is 21.9 Å². The Bertz CT molecular complexity index is 2080. The molecule has 3 aromatic heterocycles. The SMILES string of the molecule is CC(C)(C)Cc1ccnc(-c2[c-]cc3oc4cccc(C(C)(C)c5ccccc5)c4c3c2)c1.Cc1c[c-]c(-c2ccc(C)cn2)cc1.[Ir]. The van der Waals surface area contributed by atoms with Crippen molar-refractivity contribution in [2.45, 2.75) is 60.3 Å². The minimum Gasteiger partial charge on any atom is -0.500 e. The number of hydrogen-bond acceptors (Lipinski definition) is 3. The predicted molar refractivity (Wildman–Crippen MR) is 195 cm³/mol. The van der Waals surface area contributed by atoms with Gasteiger partial charge in [-0.25, -0.2) is 0 Å². The van der Waals surface area contributed by atoms with Crippen LogP contribution in [0.1, 0.15) is 62.4 Å². The van der Waals surface area contributed by atoms with E-state index in [1.807, 2.05) is 43.6 Å². The summed E-state index contributed by atoms with van der Waals surface area (Å²) in [6.07, 6.45) is 4.80. The summed E-state index contributed by atoms with van der Waals surface area (Å²) in [6, 6.07) is 42.3. The van der Waals surface area contributed by atoms with E-state index in [1.54, 1.807) is 0 Å². The van der Waals surface area contributed by atoms with Crippen LogP contribution in [0.2, 0.25) is 0 Å². The van der Waals surface area contributed by atoms with Gasteiger partial charge < -0.3 is 14.4 Å². The van der Waals surface area contributed by atoms with Crippen molar-refractivity contribution in [1.82, 2.24) is 9.97 Å². The summed E-state index contributed by atoms with van der Waals surface area (Å²) in [5.41, 5.74) is 12.1. The third kappa shape index (κ3) is 7.84. The van der Waals surface area contributed by atoms with Crippen molar-refractivity contribution in [2.75, 3.05) is 0 Å². The van der Waals surface area contributed by atoms with Crippen LogP contribution >= 0.6 is 0 Å². The van der Waals surface area contributed by atoms with Crippen LogP contribution in [0.15, 0.2) is 120 Å². The summed E-state index contributed by atoms with van der Waals surface area (Å²) in [4.78, 5) is 9.01. The fourth-order valence-corrected chi connectivity index (χ4v) is 6.08. The van der Waals surface area contributed by atoms with Crippen molar-refractivity contribution in [1.29, 1.82) is 0 Å². The first-order valence-corrected chi connectivity index (χ1v) is 16.3. The standard InChI is InChI=1S/C31H30NO.C13H12N.Ir/c1-30(2,3)20-21-16-17-32-26(18-21)22-14-15-27-24(19-22)29-25(12-9-13-28(29)33-27)31(4,5)23-10-7-6-8-11-23;1-10-3-6-12(7-4-10)13-8-5-11(2)9-14-13;/h6-13,15-19H,20H2,1-5H3;3-6,8-9H,1-2H3;/q2*-1;. The van der Waals surface area contributed by atoms with Crippen LogP contribution in [0.5, 0.6) is 0 Å². The van der Waals surface area contributed by atoms with Crippen molar-refractivity contribution in [3.8, 4) is 22.5 Å². The molecule has 0 N–H and O–H groups in total. The first kappa shape index (κ1) is 34.9. The number of nitrogens with zero attached hydrogens (tertiary/aromatic N) is 2. The molecule has 0 saturated heterocycles. The van der Waals surface area contributed by atoms with Crippen molar-refractivity contribution in [3.05, 3.63) is 155 Å². The Balaban J connectivity index is 0.000000252. The molecule has 7 rings (SSSR count). The van der Waals surface area contributed by atoms with Gasteiger partial charge in [-0.15, -0.1) is 59.2 Å². The second-order valence-corrected chi connectivity index (χ2v) is 14.2. The molecule has 7 aromatic rings. The van der Waals surface area contributed by atoms with E-state index >= 15 is 0 Å². The number of fused-ring (bicyclic) bond motifs is 3. The van der Waals surface area contributed by atoms with E-state index in [1.165, 1.54) is 33.2 Å². The number of furan rings is 1. The molecule has 4 heteroatoms. The zero-order valence-electron chi connectivity index (χ0n) is 28.8. The largest absolute Gasteiger partial charge is 0.500 e. The Morgan fingerprint density at radius 1 is 0.667 bits per heavy atom. The van der Waals surface area contributed by atoms with Gasteiger partial charge in [0.1, 0.15) is 5.58 Å². The fraction of sp³-hybridized carbons (Fsp3) is 0.227. The molecule has 4 aromatic carbocycles.